The fourth-order valence-electron chi connectivity index (χ4n) is 3.16. The molecule has 6 heteroatoms. The van der Waals surface area contributed by atoms with Gasteiger partial charge in [-0.3, -0.25) is 4.79 Å². The molecule has 0 aliphatic carbocycles. The Morgan fingerprint density at radius 3 is 2.29 bits per heavy atom. The maximum absolute atomic E-state index is 12.4. The molecule has 2 aromatic carbocycles. The van der Waals surface area contributed by atoms with Crippen molar-refractivity contribution in [1.82, 2.24) is 5.32 Å². The van der Waals surface area contributed by atoms with Crippen LogP contribution >= 0.6 is 0 Å². The van der Waals surface area contributed by atoms with E-state index >= 15 is 0 Å². The van der Waals surface area contributed by atoms with Crippen LogP contribution in [0, 0.1) is 0 Å². The first kappa shape index (κ1) is 16.5. The van der Waals surface area contributed by atoms with E-state index in [9.17, 15) is 13.2 Å². The first-order valence-electron chi connectivity index (χ1n) is 7.76. The number of amides is 1. The van der Waals surface area contributed by atoms with Crippen LogP contribution in [-0.4, -0.2) is 27.1 Å². The quantitative estimate of drug-likeness (QED) is 0.864. The molecule has 1 aliphatic heterocycles. The number of hydrogen-bond donors (Lipinski definition) is 1. The maximum atomic E-state index is 12.4. The number of hydrogen-bond acceptors (Lipinski definition) is 4. The number of benzene rings is 2. The standard InChI is InChI=1S/C18H19NO4S/c1-24(21,22)23-15-9-7-13(8-10-15)16-11-12-19-18(20)17(16)14-5-3-2-4-6-14/h2-10,16-17H,11-12H2,1H3,(H,19,20)/t16-,17-/m1/s1. The van der Waals surface area contributed by atoms with Crippen molar-refractivity contribution in [2.75, 3.05) is 12.8 Å². The average Bonchev–Trinajstić information content (AvgIpc) is 2.55. The molecule has 1 aliphatic rings. The molecule has 0 aromatic heterocycles. The number of carbonyl (C=O) groups excluding carboxylic acids is 1. The van der Waals surface area contributed by atoms with Crippen molar-refractivity contribution in [3.8, 4) is 5.75 Å². The molecule has 1 N–H and O–H groups in total. The highest BCUT2D eigenvalue weighted by Crippen LogP contribution is 2.38. The lowest BCUT2D eigenvalue weighted by molar-refractivity contribution is -0.124. The molecule has 0 radical (unpaired) electrons. The summed E-state index contributed by atoms with van der Waals surface area (Å²) in [7, 11) is -3.54. The third-order valence-corrected chi connectivity index (χ3v) is 4.65. The second-order valence-corrected chi connectivity index (χ2v) is 7.51. The lowest BCUT2D eigenvalue weighted by Crippen LogP contribution is -2.39. The Labute approximate surface area is 141 Å². The van der Waals surface area contributed by atoms with Crippen LogP contribution in [0.25, 0.3) is 0 Å². The van der Waals surface area contributed by atoms with Gasteiger partial charge in [-0.05, 0) is 29.7 Å². The molecule has 0 saturated carbocycles. The first-order valence-corrected chi connectivity index (χ1v) is 9.58. The van der Waals surface area contributed by atoms with Gasteiger partial charge in [0.05, 0.1) is 12.2 Å². The van der Waals surface area contributed by atoms with Crippen LogP contribution in [0.5, 0.6) is 5.75 Å². The molecule has 3 rings (SSSR count). The number of carbonyl (C=O) groups is 1. The average molecular weight is 345 g/mol. The zero-order valence-corrected chi connectivity index (χ0v) is 14.1. The van der Waals surface area contributed by atoms with E-state index in [4.69, 9.17) is 4.18 Å². The molecule has 0 unspecified atom stereocenters. The van der Waals surface area contributed by atoms with Gasteiger partial charge in [0.25, 0.3) is 0 Å². The summed E-state index contributed by atoms with van der Waals surface area (Å²) in [6.07, 6.45) is 1.84. The molecular weight excluding hydrogens is 326 g/mol. The summed E-state index contributed by atoms with van der Waals surface area (Å²) in [6, 6.07) is 16.6. The van der Waals surface area contributed by atoms with E-state index in [1.54, 1.807) is 12.1 Å². The maximum Gasteiger partial charge on any atom is 0.306 e. The normalized spacial score (nSPS) is 21.1. The van der Waals surface area contributed by atoms with Crippen molar-refractivity contribution < 1.29 is 17.4 Å². The topological polar surface area (TPSA) is 72.5 Å². The van der Waals surface area contributed by atoms with Crippen molar-refractivity contribution in [2.45, 2.75) is 18.3 Å². The summed E-state index contributed by atoms with van der Waals surface area (Å²) < 4.78 is 27.3. The van der Waals surface area contributed by atoms with E-state index in [1.165, 1.54) is 0 Å². The van der Waals surface area contributed by atoms with Gasteiger partial charge in [0.15, 0.2) is 0 Å². The minimum absolute atomic E-state index is 0.0221. The second-order valence-electron chi connectivity index (χ2n) is 5.93. The van der Waals surface area contributed by atoms with Crippen LogP contribution in [0.2, 0.25) is 0 Å². The van der Waals surface area contributed by atoms with Crippen molar-refractivity contribution in [3.05, 3.63) is 65.7 Å². The second kappa shape index (κ2) is 6.65. The van der Waals surface area contributed by atoms with Crippen LogP contribution in [0.1, 0.15) is 29.4 Å². The molecule has 1 fully saturated rings. The van der Waals surface area contributed by atoms with Gasteiger partial charge < -0.3 is 9.50 Å². The highest BCUT2D eigenvalue weighted by molar-refractivity contribution is 7.86. The molecule has 0 bridgehead atoms. The van der Waals surface area contributed by atoms with E-state index in [0.717, 1.165) is 23.8 Å². The zero-order chi connectivity index (χ0) is 17.2. The van der Waals surface area contributed by atoms with Gasteiger partial charge in [0, 0.05) is 12.5 Å². The van der Waals surface area contributed by atoms with Gasteiger partial charge in [-0.1, -0.05) is 42.5 Å². The Morgan fingerprint density at radius 1 is 1.00 bits per heavy atom. The van der Waals surface area contributed by atoms with E-state index in [2.05, 4.69) is 5.32 Å². The Hall–Kier alpha value is -2.34. The van der Waals surface area contributed by atoms with Gasteiger partial charge in [-0.15, -0.1) is 0 Å². The third kappa shape index (κ3) is 3.76. The summed E-state index contributed by atoms with van der Waals surface area (Å²) in [4.78, 5) is 12.4. The van der Waals surface area contributed by atoms with Gasteiger partial charge in [-0.25, -0.2) is 0 Å². The van der Waals surface area contributed by atoms with E-state index < -0.39 is 10.1 Å². The van der Waals surface area contributed by atoms with Gasteiger partial charge in [0.2, 0.25) is 5.91 Å². The smallest absolute Gasteiger partial charge is 0.306 e. The summed E-state index contributed by atoms with van der Waals surface area (Å²) in [5, 5.41) is 2.93. The molecular formula is C18H19NO4S. The third-order valence-electron chi connectivity index (χ3n) is 4.15. The predicted octanol–water partition coefficient (Wildman–Crippen LogP) is 2.41. The minimum Gasteiger partial charge on any atom is -0.383 e. The Morgan fingerprint density at radius 2 is 1.67 bits per heavy atom. The molecule has 1 heterocycles. The van der Waals surface area contributed by atoms with Crippen LogP contribution < -0.4 is 9.50 Å². The van der Waals surface area contributed by atoms with Crippen LogP contribution in [-0.2, 0) is 14.9 Å². The minimum atomic E-state index is -3.54. The Kier molecular flexibility index (Phi) is 4.57. The molecule has 5 nitrogen and oxygen atoms in total. The molecule has 2 atom stereocenters. The number of rotatable bonds is 4. The van der Waals surface area contributed by atoms with E-state index in [1.807, 2.05) is 42.5 Å². The summed E-state index contributed by atoms with van der Waals surface area (Å²) in [6.45, 7) is 0.633. The fourth-order valence-corrected chi connectivity index (χ4v) is 3.62. The summed E-state index contributed by atoms with van der Waals surface area (Å²) in [5.41, 5.74) is 1.98. The Bertz CT molecular complexity index is 816. The highest BCUT2D eigenvalue weighted by atomic mass is 32.2. The van der Waals surface area contributed by atoms with Crippen molar-refractivity contribution in [2.24, 2.45) is 0 Å². The van der Waals surface area contributed by atoms with Crippen molar-refractivity contribution in [3.63, 3.8) is 0 Å². The van der Waals surface area contributed by atoms with Crippen LogP contribution in [0.4, 0.5) is 0 Å². The predicted molar refractivity (Wildman–Crippen MR) is 91.5 cm³/mol. The van der Waals surface area contributed by atoms with Crippen molar-refractivity contribution >= 4 is 16.0 Å². The first-order chi connectivity index (χ1) is 11.4. The van der Waals surface area contributed by atoms with E-state index in [0.29, 0.717) is 6.54 Å². The molecule has 1 amide bonds. The monoisotopic (exact) mass is 345 g/mol. The molecule has 24 heavy (non-hydrogen) atoms. The van der Waals surface area contributed by atoms with Crippen LogP contribution in [0.3, 0.4) is 0 Å². The lowest BCUT2D eigenvalue weighted by Gasteiger charge is -2.31. The van der Waals surface area contributed by atoms with E-state index in [-0.39, 0.29) is 23.5 Å². The van der Waals surface area contributed by atoms with Crippen LogP contribution in [0.15, 0.2) is 54.6 Å². The number of nitrogens with one attached hydrogen (secondary N) is 1. The summed E-state index contributed by atoms with van der Waals surface area (Å²) in [5.74, 6) is 0.0988. The van der Waals surface area contributed by atoms with Gasteiger partial charge in [0.1, 0.15) is 5.75 Å². The SMILES string of the molecule is CS(=O)(=O)Oc1ccc([C@H]2CCNC(=O)[C@@H]2c2ccccc2)cc1. The largest absolute Gasteiger partial charge is 0.383 e. The number of piperidine rings is 1. The molecule has 126 valence electrons. The van der Waals surface area contributed by atoms with Gasteiger partial charge >= 0.3 is 10.1 Å². The fraction of sp³-hybridized carbons (Fsp3) is 0.278. The lowest BCUT2D eigenvalue weighted by atomic mass is 9.77. The molecule has 0 spiro atoms. The van der Waals surface area contributed by atoms with Gasteiger partial charge in [-0.2, -0.15) is 8.42 Å². The molecule has 1 saturated heterocycles. The Balaban J connectivity index is 1.89. The zero-order valence-electron chi connectivity index (χ0n) is 13.3. The highest BCUT2D eigenvalue weighted by Gasteiger charge is 2.34. The molecule has 2 aromatic rings. The van der Waals surface area contributed by atoms with Crippen molar-refractivity contribution in [1.29, 1.82) is 0 Å². The summed E-state index contributed by atoms with van der Waals surface area (Å²) >= 11 is 0.